The first-order valence-electron chi connectivity index (χ1n) is 9.29. The first kappa shape index (κ1) is 19.0. The lowest BCUT2D eigenvalue weighted by molar-refractivity contribution is 0.176. The number of fused-ring (bicyclic) bond motifs is 1. The van der Waals surface area contributed by atoms with Crippen LogP contribution in [-0.2, 0) is 23.6 Å². The van der Waals surface area contributed by atoms with Gasteiger partial charge in [-0.15, -0.1) is 10.2 Å². The van der Waals surface area contributed by atoms with Crippen molar-refractivity contribution in [2.45, 2.75) is 25.3 Å². The number of pyridine rings is 1. The lowest BCUT2D eigenvalue weighted by Crippen LogP contribution is -2.48. The fraction of sp³-hybridized carbons (Fsp3) is 0.421. The lowest BCUT2D eigenvalue weighted by atomic mass is 10.2. The first-order chi connectivity index (χ1) is 13.4. The zero-order valence-electron chi connectivity index (χ0n) is 16.3. The predicted molar refractivity (Wildman–Crippen MR) is 106 cm³/mol. The van der Waals surface area contributed by atoms with E-state index in [0.717, 1.165) is 22.6 Å². The van der Waals surface area contributed by atoms with Gasteiger partial charge in [-0.1, -0.05) is 12.1 Å². The first-order valence-corrected chi connectivity index (χ1v) is 10.7. The minimum Gasteiger partial charge on any atom is -0.317 e. The molecule has 0 unspecified atom stereocenters. The van der Waals surface area contributed by atoms with Gasteiger partial charge in [0.25, 0.3) is 0 Å². The largest absolute Gasteiger partial charge is 0.317 e. The molecule has 3 heterocycles. The van der Waals surface area contributed by atoms with Gasteiger partial charge < -0.3 is 4.57 Å². The third-order valence-electron chi connectivity index (χ3n) is 5.31. The topological polar surface area (TPSA) is 84.2 Å². The van der Waals surface area contributed by atoms with Gasteiger partial charge in [-0.2, -0.15) is 4.31 Å². The standard InChI is InChI=1S/C19H24N6O2S/c1-14-11-16-5-4-6-17(19(16)20-12-14)28(26,27)25-9-7-24(8-10-25)13-18-22-21-15(2)23(18)3/h4-6,11-12H,7-10,13H2,1-3H3. The van der Waals surface area contributed by atoms with E-state index in [4.69, 9.17) is 0 Å². The number of rotatable bonds is 4. The Labute approximate surface area is 164 Å². The number of piperazine rings is 1. The van der Waals surface area contributed by atoms with E-state index in [1.807, 2.05) is 37.6 Å². The highest BCUT2D eigenvalue weighted by Crippen LogP contribution is 2.25. The van der Waals surface area contributed by atoms with Gasteiger partial charge in [-0.25, -0.2) is 8.42 Å². The van der Waals surface area contributed by atoms with E-state index in [2.05, 4.69) is 20.1 Å². The summed E-state index contributed by atoms with van der Waals surface area (Å²) in [6, 6.07) is 7.29. The number of aromatic nitrogens is 4. The number of hydrogen-bond donors (Lipinski definition) is 0. The molecule has 4 rings (SSSR count). The van der Waals surface area contributed by atoms with Crippen molar-refractivity contribution in [3.05, 3.63) is 47.7 Å². The van der Waals surface area contributed by atoms with Crippen molar-refractivity contribution >= 4 is 20.9 Å². The Balaban J connectivity index is 1.52. The van der Waals surface area contributed by atoms with Crippen molar-refractivity contribution in [3.8, 4) is 0 Å². The number of hydrogen-bond acceptors (Lipinski definition) is 6. The zero-order valence-corrected chi connectivity index (χ0v) is 17.1. The molecule has 1 aliphatic heterocycles. The van der Waals surface area contributed by atoms with Gasteiger partial charge in [0.15, 0.2) is 0 Å². The summed E-state index contributed by atoms with van der Waals surface area (Å²) in [7, 11) is -1.65. The van der Waals surface area contributed by atoms with E-state index in [0.29, 0.717) is 38.2 Å². The molecule has 0 N–H and O–H groups in total. The molecule has 1 saturated heterocycles. The molecule has 1 fully saturated rings. The summed E-state index contributed by atoms with van der Waals surface area (Å²) in [5, 5.41) is 9.13. The van der Waals surface area contributed by atoms with Crippen LogP contribution < -0.4 is 0 Å². The predicted octanol–water partition coefficient (Wildman–Crippen LogP) is 1.49. The quantitative estimate of drug-likeness (QED) is 0.660. The monoisotopic (exact) mass is 400 g/mol. The molecule has 148 valence electrons. The Kier molecular flexibility index (Phi) is 4.90. The van der Waals surface area contributed by atoms with Gasteiger partial charge >= 0.3 is 0 Å². The van der Waals surface area contributed by atoms with Gasteiger partial charge in [-0.05, 0) is 31.5 Å². The Bertz CT molecular complexity index is 1120. The lowest BCUT2D eigenvalue weighted by Gasteiger charge is -2.33. The second-order valence-electron chi connectivity index (χ2n) is 7.24. The second-order valence-corrected chi connectivity index (χ2v) is 9.15. The molecule has 9 heteroatoms. The van der Waals surface area contributed by atoms with Crippen molar-refractivity contribution in [1.82, 2.24) is 29.0 Å². The maximum Gasteiger partial charge on any atom is 0.245 e. The minimum atomic E-state index is -3.59. The molecular weight excluding hydrogens is 376 g/mol. The molecule has 1 aliphatic rings. The average molecular weight is 401 g/mol. The van der Waals surface area contributed by atoms with Gasteiger partial charge in [-0.3, -0.25) is 9.88 Å². The third kappa shape index (κ3) is 3.41. The van der Waals surface area contributed by atoms with Crippen LogP contribution in [0, 0.1) is 13.8 Å². The normalized spacial score (nSPS) is 16.7. The van der Waals surface area contributed by atoms with Crippen LogP contribution >= 0.6 is 0 Å². The van der Waals surface area contributed by atoms with E-state index < -0.39 is 10.0 Å². The summed E-state index contributed by atoms with van der Waals surface area (Å²) in [5.74, 6) is 1.76. The van der Waals surface area contributed by atoms with E-state index in [9.17, 15) is 8.42 Å². The van der Waals surface area contributed by atoms with Crippen molar-refractivity contribution < 1.29 is 8.42 Å². The number of sulfonamides is 1. The van der Waals surface area contributed by atoms with Crippen LogP contribution in [0.1, 0.15) is 17.2 Å². The van der Waals surface area contributed by atoms with E-state index >= 15 is 0 Å². The summed E-state index contributed by atoms with van der Waals surface area (Å²) in [6.07, 6.45) is 1.71. The summed E-state index contributed by atoms with van der Waals surface area (Å²) in [6.45, 7) is 6.74. The zero-order chi connectivity index (χ0) is 19.9. The van der Waals surface area contributed by atoms with E-state index in [-0.39, 0.29) is 4.90 Å². The fourth-order valence-corrected chi connectivity index (χ4v) is 5.09. The van der Waals surface area contributed by atoms with Crippen LogP contribution in [0.5, 0.6) is 0 Å². The number of nitrogens with zero attached hydrogens (tertiary/aromatic N) is 6. The molecule has 0 aliphatic carbocycles. The molecule has 0 spiro atoms. The van der Waals surface area contributed by atoms with Crippen molar-refractivity contribution in [1.29, 1.82) is 0 Å². The summed E-state index contributed by atoms with van der Waals surface area (Å²) in [4.78, 5) is 6.88. The Hall–Kier alpha value is -2.36. The molecule has 3 aromatic rings. The number of para-hydroxylation sites is 1. The number of aryl methyl sites for hydroxylation is 2. The highest BCUT2D eigenvalue weighted by atomic mass is 32.2. The SMILES string of the molecule is Cc1cnc2c(S(=O)(=O)N3CCN(Cc4nnc(C)n4C)CC3)cccc2c1. The van der Waals surface area contributed by atoms with Crippen LogP contribution in [0.2, 0.25) is 0 Å². The van der Waals surface area contributed by atoms with Crippen molar-refractivity contribution in [2.24, 2.45) is 7.05 Å². The molecule has 1 aromatic carbocycles. The molecule has 8 nitrogen and oxygen atoms in total. The Morgan fingerprint density at radius 3 is 2.50 bits per heavy atom. The summed E-state index contributed by atoms with van der Waals surface area (Å²) < 4.78 is 30.0. The Morgan fingerprint density at radius 1 is 1.07 bits per heavy atom. The van der Waals surface area contributed by atoms with Gasteiger partial charge in [0.05, 0.1) is 12.1 Å². The van der Waals surface area contributed by atoms with Crippen LogP contribution in [0.4, 0.5) is 0 Å². The molecule has 0 amide bonds. The summed E-state index contributed by atoms with van der Waals surface area (Å²) in [5.41, 5.74) is 1.54. The number of benzene rings is 1. The maximum absolute atomic E-state index is 13.2. The van der Waals surface area contributed by atoms with E-state index in [1.165, 1.54) is 0 Å². The van der Waals surface area contributed by atoms with Crippen LogP contribution in [0.25, 0.3) is 10.9 Å². The van der Waals surface area contributed by atoms with Crippen molar-refractivity contribution in [3.63, 3.8) is 0 Å². The second kappa shape index (κ2) is 7.23. The highest BCUT2D eigenvalue weighted by molar-refractivity contribution is 7.89. The molecule has 0 radical (unpaired) electrons. The molecule has 0 saturated carbocycles. The highest BCUT2D eigenvalue weighted by Gasteiger charge is 2.30. The maximum atomic E-state index is 13.2. The fourth-order valence-electron chi connectivity index (χ4n) is 3.51. The van der Waals surface area contributed by atoms with Crippen LogP contribution in [0.3, 0.4) is 0 Å². The Morgan fingerprint density at radius 2 is 1.82 bits per heavy atom. The molecular formula is C19H24N6O2S. The third-order valence-corrected chi connectivity index (χ3v) is 7.24. The molecule has 0 bridgehead atoms. The minimum absolute atomic E-state index is 0.280. The van der Waals surface area contributed by atoms with Crippen molar-refractivity contribution in [2.75, 3.05) is 26.2 Å². The summed E-state index contributed by atoms with van der Waals surface area (Å²) >= 11 is 0. The molecule has 2 aromatic heterocycles. The average Bonchev–Trinajstić information content (AvgIpc) is 3.00. The van der Waals surface area contributed by atoms with Gasteiger partial charge in [0, 0.05) is 44.8 Å². The van der Waals surface area contributed by atoms with E-state index in [1.54, 1.807) is 22.6 Å². The smallest absolute Gasteiger partial charge is 0.245 e. The van der Waals surface area contributed by atoms with Gasteiger partial charge in [0.2, 0.25) is 10.0 Å². The van der Waals surface area contributed by atoms with Crippen LogP contribution in [-0.4, -0.2) is 63.6 Å². The van der Waals surface area contributed by atoms with Crippen LogP contribution in [0.15, 0.2) is 35.4 Å². The van der Waals surface area contributed by atoms with Gasteiger partial charge in [0.1, 0.15) is 16.5 Å². The molecule has 28 heavy (non-hydrogen) atoms. The molecule has 0 atom stereocenters.